The van der Waals surface area contributed by atoms with Crippen LogP contribution < -0.4 is 20.7 Å². The van der Waals surface area contributed by atoms with Crippen LogP contribution in [0.2, 0.25) is 0 Å². The van der Waals surface area contributed by atoms with Gasteiger partial charge in [-0.15, -0.1) is 0 Å². The normalized spacial score (nSPS) is 10.6. The lowest BCUT2D eigenvalue weighted by molar-refractivity contribution is 0.283. The third-order valence-electron chi connectivity index (χ3n) is 3.31. The first-order valence-corrected chi connectivity index (χ1v) is 8.02. The number of unbranched alkanes of at least 4 members (excludes halogenated alkanes) is 3. The number of rotatable bonds is 9. The molecule has 0 aromatic carbocycles. The van der Waals surface area contributed by atoms with Crippen molar-refractivity contribution in [2.45, 2.75) is 39.5 Å². The maximum atomic E-state index is 11.2. The third-order valence-corrected chi connectivity index (χ3v) is 3.31. The molecule has 0 radical (unpaired) electrons. The average Bonchev–Trinajstić information content (AvgIpc) is 2.48. The van der Waals surface area contributed by atoms with Crippen LogP contribution in [-0.2, 0) is 0 Å². The van der Waals surface area contributed by atoms with Gasteiger partial charge in [0.2, 0.25) is 0 Å². The largest absolute Gasteiger partial charge is 0.493 e. The molecule has 0 fully saturated rings. The van der Waals surface area contributed by atoms with Crippen molar-refractivity contribution in [3.63, 3.8) is 0 Å². The molecule has 0 aliphatic heterocycles. The van der Waals surface area contributed by atoms with Crippen molar-refractivity contribution in [2.24, 2.45) is 0 Å². The van der Waals surface area contributed by atoms with E-state index in [1.165, 1.54) is 12.1 Å². The minimum Gasteiger partial charge on any atom is -0.493 e. The second-order valence-electron chi connectivity index (χ2n) is 5.56. The van der Waals surface area contributed by atoms with Crippen molar-refractivity contribution in [3.8, 4) is 11.5 Å². The Morgan fingerprint density at radius 3 is 1.50 bits per heavy atom. The van der Waals surface area contributed by atoms with E-state index in [4.69, 9.17) is 18.3 Å². The Bertz CT molecular complexity index is 693. The molecular weight excluding hydrogens is 312 g/mol. The zero-order chi connectivity index (χ0) is 17.4. The van der Waals surface area contributed by atoms with Crippen LogP contribution in [0.1, 0.15) is 37.2 Å². The second kappa shape index (κ2) is 8.96. The van der Waals surface area contributed by atoms with Crippen molar-refractivity contribution in [1.82, 2.24) is 0 Å². The van der Waals surface area contributed by atoms with Crippen molar-refractivity contribution in [1.29, 1.82) is 0 Å². The predicted octanol–water partition coefficient (Wildman–Crippen LogP) is 3.23. The third kappa shape index (κ3) is 6.32. The van der Waals surface area contributed by atoms with Crippen molar-refractivity contribution in [3.05, 3.63) is 56.6 Å². The Morgan fingerprint density at radius 1 is 0.708 bits per heavy atom. The summed E-state index contributed by atoms with van der Waals surface area (Å²) in [5.41, 5.74) is -0.792. The molecule has 0 spiro atoms. The maximum Gasteiger partial charge on any atom is 0.339 e. The lowest BCUT2D eigenvalue weighted by Crippen LogP contribution is -2.04. The summed E-state index contributed by atoms with van der Waals surface area (Å²) in [5.74, 6) is 2.18. The molecule has 0 aliphatic rings. The molecule has 0 atom stereocenters. The standard InChI is InChI=1S/C18H22O6/c1-13-9-15(11-17(19)23-13)21-7-5-3-4-6-8-22-16-10-14(2)24-18(20)12-16/h9-12H,3-8H2,1-2H3. The average molecular weight is 334 g/mol. The summed E-state index contributed by atoms with van der Waals surface area (Å²) in [6.07, 6.45) is 3.79. The van der Waals surface area contributed by atoms with Crippen LogP contribution >= 0.6 is 0 Å². The quantitative estimate of drug-likeness (QED) is 0.655. The monoisotopic (exact) mass is 334 g/mol. The van der Waals surface area contributed by atoms with Gasteiger partial charge in [0.1, 0.15) is 23.0 Å². The van der Waals surface area contributed by atoms with E-state index >= 15 is 0 Å². The van der Waals surface area contributed by atoms with Gasteiger partial charge in [-0.05, 0) is 39.5 Å². The minimum atomic E-state index is -0.396. The Hall–Kier alpha value is -2.50. The predicted molar refractivity (Wildman–Crippen MR) is 88.9 cm³/mol. The van der Waals surface area contributed by atoms with E-state index in [0.29, 0.717) is 36.2 Å². The molecule has 0 unspecified atom stereocenters. The maximum absolute atomic E-state index is 11.2. The summed E-state index contributed by atoms with van der Waals surface area (Å²) < 4.78 is 20.8. The molecule has 0 N–H and O–H groups in total. The van der Waals surface area contributed by atoms with E-state index in [2.05, 4.69) is 0 Å². The molecule has 0 aliphatic carbocycles. The fraction of sp³-hybridized carbons (Fsp3) is 0.444. The van der Waals surface area contributed by atoms with Gasteiger partial charge in [-0.25, -0.2) is 9.59 Å². The van der Waals surface area contributed by atoms with Crippen LogP contribution in [0.3, 0.4) is 0 Å². The van der Waals surface area contributed by atoms with Gasteiger partial charge in [0.05, 0.1) is 25.3 Å². The van der Waals surface area contributed by atoms with Gasteiger partial charge in [-0.1, -0.05) is 0 Å². The van der Waals surface area contributed by atoms with E-state index in [-0.39, 0.29) is 0 Å². The lowest BCUT2D eigenvalue weighted by Gasteiger charge is -2.07. The first-order valence-electron chi connectivity index (χ1n) is 8.02. The van der Waals surface area contributed by atoms with Crippen LogP contribution in [-0.4, -0.2) is 13.2 Å². The number of aryl methyl sites for hydroxylation is 2. The van der Waals surface area contributed by atoms with Crippen LogP contribution in [0.25, 0.3) is 0 Å². The van der Waals surface area contributed by atoms with Crippen LogP contribution in [0, 0.1) is 13.8 Å². The smallest absolute Gasteiger partial charge is 0.339 e. The van der Waals surface area contributed by atoms with E-state index in [1.807, 2.05) is 0 Å². The highest BCUT2D eigenvalue weighted by atomic mass is 16.5. The molecule has 130 valence electrons. The molecule has 2 aromatic heterocycles. The van der Waals surface area contributed by atoms with Gasteiger partial charge in [0.15, 0.2) is 0 Å². The molecule has 24 heavy (non-hydrogen) atoms. The molecule has 2 aromatic rings. The van der Waals surface area contributed by atoms with Gasteiger partial charge >= 0.3 is 11.3 Å². The number of hydrogen-bond donors (Lipinski definition) is 0. The first-order chi connectivity index (χ1) is 11.5. The van der Waals surface area contributed by atoms with E-state index < -0.39 is 11.3 Å². The highest BCUT2D eigenvalue weighted by molar-refractivity contribution is 5.20. The molecule has 0 saturated heterocycles. The fourth-order valence-corrected chi connectivity index (χ4v) is 2.26. The lowest BCUT2D eigenvalue weighted by atomic mass is 10.2. The van der Waals surface area contributed by atoms with E-state index in [0.717, 1.165) is 25.7 Å². The SMILES string of the molecule is Cc1cc(OCCCCCCOc2cc(C)oc(=O)c2)cc(=O)o1. The van der Waals surface area contributed by atoms with Crippen LogP contribution in [0.5, 0.6) is 11.5 Å². The van der Waals surface area contributed by atoms with Crippen molar-refractivity contribution >= 4 is 0 Å². The summed E-state index contributed by atoms with van der Waals surface area (Å²) in [4.78, 5) is 22.4. The number of ether oxygens (including phenoxy) is 2. The zero-order valence-electron chi connectivity index (χ0n) is 14.0. The molecule has 2 rings (SSSR count). The molecule has 2 heterocycles. The Morgan fingerprint density at radius 2 is 1.12 bits per heavy atom. The molecule has 6 heteroatoms. The molecule has 0 saturated carbocycles. The summed E-state index contributed by atoms with van der Waals surface area (Å²) in [5, 5.41) is 0. The zero-order valence-corrected chi connectivity index (χ0v) is 14.0. The molecular formula is C18H22O6. The summed E-state index contributed by atoms with van der Waals surface area (Å²) in [6, 6.07) is 6.10. The van der Waals surface area contributed by atoms with Crippen LogP contribution in [0.15, 0.2) is 42.7 Å². The van der Waals surface area contributed by atoms with Crippen molar-refractivity contribution < 1.29 is 18.3 Å². The molecule has 0 amide bonds. The Kier molecular flexibility index (Phi) is 6.66. The van der Waals surface area contributed by atoms with Gasteiger partial charge in [0.25, 0.3) is 0 Å². The Labute approximate surface area is 140 Å². The fourth-order valence-electron chi connectivity index (χ4n) is 2.26. The molecule has 0 bridgehead atoms. The van der Waals surface area contributed by atoms with Gasteiger partial charge in [-0.2, -0.15) is 0 Å². The minimum absolute atomic E-state index is 0.396. The van der Waals surface area contributed by atoms with E-state index in [9.17, 15) is 9.59 Å². The summed E-state index contributed by atoms with van der Waals surface area (Å²) in [6.45, 7) is 4.55. The highest BCUT2D eigenvalue weighted by Crippen LogP contribution is 2.12. The van der Waals surface area contributed by atoms with E-state index in [1.54, 1.807) is 26.0 Å². The van der Waals surface area contributed by atoms with Gasteiger partial charge in [0, 0.05) is 12.1 Å². The van der Waals surface area contributed by atoms with Gasteiger partial charge < -0.3 is 18.3 Å². The highest BCUT2D eigenvalue weighted by Gasteiger charge is 2.01. The first kappa shape index (κ1) is 17.8. The summed E-state index contributed by atoms with van der Waals surface area (Å²) >= 11 is 0. The Balaban J connectivity index is 1.57. The second-order valence-corrected chi connectivity index (χ2v) is 5.56. The summed E-state index contributed by atoms with van der Waals surface area (Å²) in [7, 11) is 0. The van der Waals surface area contributed by atoms with Gasteiger partial charge in [-0.3, -0.25) is 0 Å². The van der Waals surface area contributed by atoms with Crippen molar-refractivity contribution in [2.75, 3.05) is 13.2 Å². The topological polar surface area (TPSA) is 78.9 Å². The van der Waals surface area contributed by atoms with Crippen LogP contribution in [0.4, 0.5) is 0 Å². The number of hydrogen-bond acceptors (Lipinski definition) is 6. The molecule has 6 nitrogen and oxygen atoms in total.